The topological polar surface area (TPSA) is 94.6 Å². The third kappa shape index (κ3) is 5.79. The van der Waals surface area contributed by atoms with E-state index >= 15 is 0 Å². The molecule has 0 aromatic heterocycles. The summed E-state index contributed by atoms with van der Waals surface area (Å²) in [6.45, 7) is 0.570. The number of rotatable bonds is 9. The second kappa shape index (κ2) is 11.8. The van der Waals surface area contributed by atoms with Crippen molar-refractivity contribution in [2.24, 2.45) is 9.98 Å². The minimum absolute atomic E-state index is 0.0563. The molecule has 0 unspecified atom stereocenters. The maximum absolute atomic E-state index is 10.6. The van der Waals surface area contributed by atoms with Gasteiger partial charge >= 0.3 is 0 Å². The summed E-state index contributed by atoms with van der Waals surface area (Å²) in [4.78, 5) is 9.60. The summed E-state index contributed by atoms with van der Waals surface area (Å²) in [6.07, 6.45) is 0. The molecule has 0 heterocycles. The van der Waals surface area contributed by atoms with E-state index < -0.39 is 0 Å². The normalized spacial score (nSPS) is 11.9. The second-order valence-electron chi connectivity index (χ2n) is 8.09. The molecule has 0 saturated carbocycles. The Kier molecular flexibility index (Phi) is 8.11. The molecular formula is C30H28N2O4. The van der Waals surface area contributed by atoms with Crippen molar-refractivity contribution in [1.82, 2.24) is 0 Å². The molecule has 0 aliphatic carbocycles. The Hall–Kier alpha value is -4.42. The van der Waals surface area contributed by atoms with E-state index in [0.29, 0.717) is 47.0 Å². The number of aromatic hydroxyl groups is 2. The smallest absolute Gasteiger partial charge is 0.128 e. The molecule has 3 N–H and O–H groups in total. The van der Waals surface area contributed by atoms with Crippen LogP contribution < -0.4 is 4.74 Å². The number of methoxy groups -OCH3 is 1. The van der Waals surface area contributed by atoms with Crippen LogP contribution in [0.5, 0.6) is 17.2 Å². The molecule has 0 amide bonds. The molecule has 0 fully saturated rings. The van der Waals surface area contributed by atoms with E-state index in [2.05, 4.69) is 0 Å². The molecule has 0 radical (unpaired) electrons. The number of hydrogen-bond donors (Lipinski definition) is 3. The first kappa shape index (κ1) is 24.7. The fourth-order valence-electron chi connectivity index (χ4n) is 3.89. The van der Waals surface area contributed by atoms with Crippen molar-refractivity contribution in [3.63, 3.8) is 0 Å². The van der Waals surface area contributed by atoms with E-state index in [1.54, 1.807) is 43.5 Å². The molecular weight excluding hydrogens is 452 g/mol. The van der Waals surface area contributed by atoms with Crippen molar-refractivity contribution in [3.05, 3.63) is 125 Å². The largest absolute Gasteiger partial charge is 0.507 e. The molecule has 182 valence electrons. The Morgan fingerprint density at radius 2 is 1.17 bits per heavy atom. The predicted molar refractivity (Wildman–Crippen MR) is 143 cm³/mol. The highest BCUT2D eigenvalue weighted by atomic mass is 16.5. The fraction of sp³-hybridized carbons (Fsp3) is 0.133. The zero-order chi connectivity index (χ0) is 25.3. The maximum atomic E-state index is 10.6. The Morgan fingerprint density at radius 1 is 0.667 bits per heavy atom. The van der Waals surface area contributed by atoms with Crippen LogP contribution in [-0.4, -0.2) is 46.9 Å². The van der Waals surface area contributed by atoms with Gasteiger partial charge in [-0.2, -0.15) is 0 Å². The lowest BCUT2D eigenvalue weighted by molar-refractivity contribution is 0.281. The van der Waals surface area contributed by atoms with Crippen LogP contribution in [0.3, 0.4) is 0 Å². The third-order valence-electron chi connectivity index (χ3n) is 5.69. The molecule has 0 atom stereocenters. The average molecular weight is 481 g/mol. The molecule has 0 saturated heterocycles. The summed E-state index contributed by atoms with van der Waals surface area (Å²) in [5, 5.41) is 30.6. The summed E-state index contributed by atoms with van der Waals surface area (Å²) >= 11 is 0. The van der Waals surface area contributed by atoms with Crippen molar-refractivity contribution < 1.29 is 20.1 Å². The van der Waals surface area contributed by atoms with Gasteiger partial charge in [0.25, 0.3) is 0 Å². The number of benzene rings is 4. The first-order valence-corrected chi connectivity index (χ1v) is 11.6. The van der Waals surface area contributed by atoms with Gasteiger partial charge in [-0.3, -0.25) is 9.98 Å². The maximum Gasteiger partial charge on any atom is 0.128 e. The van der Waals surface area contributed by atoms with Crippen molar-refractivity contribution >= 4 is 11.4 Å². The number of phenols is 2. The zero-order valence-electron chi connectivity index (χ0n) is 20.0. The van der Waals surface area contributed by atoms with Gasteiger partial charge in [-0.05, 0) is 29.8 Å². The first-order valence-electron chi connectivity index (χ1n) is 11.6. The Morgan fingerprint density at radius 3 is 1.61 bits per heavy atom. The van der Waals surface area contributed by atoms with Crippen LogP contribution in [0.15, 0.2) is 107 Å². The van der Waals surface area contributed by atoms with Crippen molar-refractivity contribution in [2.75, 3.05) is 20.2 Å². The summed E-state index contributed by atoms with van der Waals surface area (Å²) in [5.74, 6) is 0.702. The molecule has 0 spiro atoms. The monoisotopic (exact) mass is 480 g/mol. The van der Waals surface area contributed by atoms with E-state index in [0.717, 1.165) is 11.1 Å². The van der Waals surface area contributed by atoms with Crippen LogP contribution in [0.2, 0.25) is 0 Å². The molecule has 4 rings (SSSR count). The highest BCUT2D eigenvalue weighted by molar-refractivity contribution is 6.15. The van der Waals surface area contributed by atoms with Gasteiger partial charge in [-0.15, -0.1) is 0 Å². The van der Waals surface area contributed by atoms with Gasteiger partial charge in [0.05, 0.1) is 38.2 Å². The zero-order valence-corrected chi connectivity index (χ0v) is 20.0. The number of aliphatic hydroxyl groups is 1. The number of aliphatic hydroxyl groups excluding tert-OH is 1. The molecule has 0 aliphatic heterocycles. The van der Waals surface area contributed by atoms with Gasteiger partial charge in [-0.1, -0.05) is 66.7 Å². The first-order chi connectivity index (χ1) is 17.6. The molecule has 6 heteroatoms. The van der Waals surface area contributed by atoms with E-state index in [-0.39, 0.29) is 18.1 Å². The highest BCUT2D eigenvalue weighted by Crippen LogP contribution is 2.27. The summed E-state index contributed by atoms with van der Waals surface area (Å²) in [5.41, 5.74) is 4.85. The molecule has 0 aliphatic rings. The lowest BCUT2D eigenvalue weighted by Gasteiger charge is -2.12. The SMILES string of the molecule is COc1ccc(/C(=N/CC/N=C(\c2ccccc2)c2ccc(CO)cc2O)c2ccccc2)c(O)c1. The molecule has 0 bridgehead atoms. The Balaban J connectivity index is 1.67. The summed E-state index contributed by atoms with van der Waals surface area (Å²) in [7, 11) is 1.55. The third-order valence-corrected chi connectivity index (χ3v) is 5.69. The van der Waals surface area contributed by atoms with Crippen molar-refractivity contribution in [2.45, 2.75) is 6.61 Å². The van der Waals surface area contributed by atoms with Gasteiger partial charge in [-0.25, -0.2) is 0 Å². The number of aliphatic imine (C=N–C) groups is 2. The number of hydrogen-bond acceptors (Lipinski definition) is 6. The molecule has 6 nitrogen and oxygen atoms in total. The van der Waals surface area contributed by atoms with Gasteiger partial charge in [0, 0.05) is 28.3 Å². The molecule has 36 heavy (non-hydrogen) atoms. The Labute approximate surface area is 210 Å². The van der Waals surface area contributed by atoms with E-state index in [1.165, 1.54) is 0 Å². The van der Waals surface area contributed by atoms with E-state index in [4.69, 9.17) is 14.7 Å². The number of nitrogens with zero attached hydrogens (tertiary/aromatic N) is 2. The van der Waals surface area contributed by atoms with Crippen LogP contribution in [0, 0.1) is 0 Å². The van der Waals surface area contributed by atoms with Crippen LogP contribution in [0.4, 0.5) is 0 Å². The van der Waals surface area contributed by atoms with Crippen LogP contribution in [0.25, 0.3) is 0 Å². The standard InChI is InChI=1S/C30H28N2O4/c1-36-24-13-15-26(28(35)19-24)30(23-10-6-3-7-11-23)32-17-16-31-29(22-8-4-2-5-9-22)25-14-12-21(20-33)18-27(25)34/h2-15,18-19,33-35H,16-17,20H2,1H3/b31-29+,32-30+. The summed E-state index contributed by atoms with van der Waals surface area (Å²) in [6, 6.07) is 29.5. The van der Waals surface area contributed by atoms with Crippen LogP contribution in [-0.2, 0) is 6.61 Å². The van der Waals surface area contributed by atoms with Gasteiger partial charge < -0.3 is 20.1 Å². The Bertz CT molecular complexity index is 1260. The van der Waals surface area contributed by atoms with Gasteiger partial charge in [0.2, 0.25) is 0 Å². The predicted octanol–water partition coefficient (Wildman–Crippen LogP) is 4.97. The molecule has 4 aromatic carbocycles. The fourth-order valence-corrected chi connectivity index (χ4v) is 3.89. The van der Waals surface area contributed by atoms with E-state index in [9.17, 15) is 15.3 Å². The lowest BCUT2D eigenvalue weighted by atomic mass is 10.00. The average Bonchev–Trinajstić information content (AvgIpc) is 2.92. The lowest BCUT2D eigenvalue weighted by Crippen LogP contribution is -2.08. The van der Waals surface area contributed by atoms with Crippen LogP contribution >= 0.6 is 0 Å². The highest BCUT2D eigenvalue weighted by Gasteiger charge is 2.14. The second-order valence-corrected chi connectivity index (χ2v) is 8.09. The van der Waals surface area contributed by atoms with Gasteiger partial charge in [0.15, 0.2) is 0 Å². The van der Waals surface area contributed by atoms with E-state index in [1.807, 2.05) is 60.7 Å². The minimum atomic E-state index is -0.152. The number of phenolic OH excluding ortho intramolecular Hbond substituents is 2. The van der Waals surface area contributed by atoms with Crippen molar-refractivity contribution in [3.8, 4) is 17.2 Å². The minimum Gasteiger partial charge on any atom is -0.507 e. The summed E-state index contributed by atoms with van der Waals surface area (Å²) < 4.78 is 5.22. The molecule has 4 aromatic rings. The quantitative estimate of drug-likeness (QED) is 0.233. The number of ether oxygens (including phenoxy) is 1. The van der Waals surface area contributed by atoms with Gasteiger partial charge in [0.1, 0.15) is 17.2 Å². The van der Waals surface area contributed by atoms with Crippen LogP contribution in [0.1, 0.15) is 27.8 Å². The van der Waals surface area contributed by atoms with Crippen molar-refractivity contribution in [1.29, 1.82) is 0 Å².